The van der Waals surface area contributed by atoms with Gasteiger partial charge in [-0.15, -0.1) is 35.1 Å². The Bertz CT molecular complexity index is 1520. The van der Waals surface area contributed by atoms with Crippen LogP contribution in [0.1, 0.15) is 33.6 Å². The van der Waals surface area contributed by atoms with Gasteiger partial charge in [-0.1, -0.05) is 12.1 Å². The number of halogens is 1. The largest absolute Gasteiger partial charge is 0.313 e. The number of carbonyl (C=O) groups excluding carboxylic acids is 1. The zero-order valence-electron chi connectivity index (χ0n) is 20.3. The predicted octanol–water partition coefficient (Wildman–Crippen LogP) is 5.47. The zero-order valence-corrected chi connectivity index (χ0v) is 23.5. The number of para-hydroxylation sites is 1. The van der Waals surface area contributed by atoms with Gasteiger partial charge in [0.2, 0.25) is 10.0 Å². The summed E-state index contributed by atoms with van der Waals surface area (Å²) in [6.45, 7) is 2.91. The monoisotopic (exact) mass is 574 g/mol. The van der Waals surface area contributed by atoms with Crippen molar-refractivity contribution in [2.45, 2.75) is 30.7 Å². The number of carbonyl (C=O) groups is 1. The second kappa shape index (κ2) is 10.4. The van der Waals surface area contributed by atoms with Gasteiger partial charge in [-0.2, -0.15) is 4.31 Å². The maximum Gasteiger partial charge on any atom is 0.256 e. The van der Waals surface area contributed by atoms with Crippen LogP contribution in [0.4, 0.5) is 5.00 Å². The number of nitrogens with one attached hydrogen (secondary N) is 1. The molecule has 2 aliphatic heterocycles. The first-order valence-corrected chi connectivity index (χ1v) is 15.1. The smallest absolute Gasteiger partial charge is 0.256 e. The lowest BCUT2D eigenvalue weighted by Crippen LogP contribution is -2.27. The van der Waals surface area contributed by atoms with Crippen LogP contribution < -0.4 is 5.32 Å². The summed E-state index contributed by atoms with van der Waals surface area (Å²) in [7, 11) is -1.40. The number of sulfonamides is 1. The van der Waals surface area contributed by atoms with Crippen LogP contribution in [0.2, 0.25) is 0 Å². The summed E-state index contributed by atoms with van der Waals surface area (Å²) in [4.78, 5) is 21.9. The first-order chi connectivity index (χ1) is 17.4. The van der Waals surface area contributed by atoms with Crippen molar-refractivity contribution in [3.63, 3.8) is 0 Å². The second-order valence-electron chi connectivity index (χ2n) is 9.27. The molecule has 37 heavy (non-hydrogen) atoms. The predicted molar refractivity (Wildman–Crippen MR) is 153 cm³/mol. The molecule has 1 fully saturated rings. The summed E-state index contributed by atoms with van der Waals surface area (Å²) in [6, 6.07) is 14.3. The molecule has 1 N–H and O–H groups in total. The number of hydrogen-bond donors (Lipinski definition) is 1. The molecule has 2 aromatic heterocycles. The molecule has 0 atom stereocenters. The van der Waals surface area contributed by atoms with Gasteiger partial charge in [0.25, 0.3) is 5.91 Å². The summed E-state index contributed by atoms with van der Waals surface area (Å²) >= 11 is 3.25. The average Bonchev–Trinajstić information content (AvgIpc) is 3.62. The summed E-state index contributed by atoms with van der Waals surface area (Å²) < 4.78 is 28.3. The number of amides is 1. The topological polar surface area (TPSA) is 82.6 Å². The number of hydrogen-bond acceptors (Lipinski definition) is 7. The van der Waals surface area contributed by atoms with Crippen molar-refractivity contribution < 1.29 is 13.2 Å². The highest BCUT2D eigenvalue weighted by molar-refractivity contribution is 7.89. The lowest BCUT2D eigenvalue weighted by Gasteiger charge is -2.22. The maximum atomic E-state index is 13.3. The number of thiazole rings is 1. The van der Waals surface area contributed by atoms with Gasteiger partial charge in [-0.05, 0) is 68.3 Å². The third kappa shape index (κ3) is 4.94. The summed E-state index contributed by atoms with van der Waals surface area (Å²) in [5, 5.41) is 4.84. The van der Waals surface area contributed by atoms with E-state index in [4.69, 9.17) is 4.98 Å². The van der Waals surface area contributed by atoms with Crippen LogP contribution in [0, 0.1) is 0 Å². The van der Waals surface area contributed by atoms with Crippen molar-refractivity contribution in [2.75, 3.05) is 32.0 Å². The van der Waals surface area contributed by atoms with E-state index in [0.29, 0.717) is 18.7 Å². The van der Waals surface area contributed by atoms with Crippen LogP contribution >= 0.6 is 35.1 Å². The van der Waals surface area contributed by atoms with E-state index in [1.807, 2.05) is 18.2 Å². The molecule has 0 radical (unpaired) electrons. The lowest BCUT2D eigenvalue weighted by molar-refractivity contribution is 0.102. The SMILES string of the molecule is CN1CCc2c(sc(NC(=O)c3ccc(S(=O)(=O)N4CCCC4)cc3)c2-c2nc3ccccc3s2)C1.Cl. The van der Waals surface area contributed by atoms with Crippen molar-refractivity contribution >= 4 is 66.2 Å². The van der Waals surface area contributed by atoms with E-state index in [0.717, 1.165) is 58.1 Å². The molecule has 0 saturated carbocycles. The van der Waals surface area contributed by atoms with E-state index >= 15 is 0 Å². The summed E-state index contributed by atoms with van der Waals surface area (Å²) in [6.07, 6.45) is 2.68. The van der Waals surface area contributed by atoms with Crippen LogP contribution in [0.15, 0.2) is 53.4 Å². The molecule has 194 valence electrons. The fourth-order valence-corrected chi connectivity index (χ4v) is 8.81. The van der Waals surface area contributed by atoms with Crippen LogP contribution in [0.25, 0.3) is 20.8 Å². The molecular weight excluding hydrogens is 548 g/mol. The first-order valence-electron chi connectivity index (χ1n) is 12.0. The van der Waals surface area contributed by atoms with Crippen LogP contribution in [0.5, 0.6) is 0 Å². The zero-order chi connectivity index (χ0) is 24.9. The fraction of sp³-hybridized carbons (Fsp3) is 0.308. The molecule has 7 nitrogen and oxygen atoms in total. The molecule has 2 aliphatic rings. The Morgan fingerprint density at radius 2 is 1.73 bits per heavy atom. The second-order valence-corrected chi connectivity index (χ2v) is 13.3. The lowest BCUT2D eigenvalue weighted by atomic mass is 10.0. The van der Waals surface area contributed by atoms with E-state index in [-0.39, 0.29) is 23.2 Å². The Morgan fingerprint density at radius 3 is 2.46 bits per heavy atom. The summed E-state index contributed by atoms with van der Waals surface area (Å²) in [5.74, 6) is -0.255. The van der Waals surface area contributed by atoms with Gasteiger partial charge >= 0.3 is 0 Å². The van der Waals surface area contributed by atoms with Gasteiger partial charge in [-0.3, -0.25) is 4.79 Å². The standard InChI is InChI=1S/C26H26N4O3S3.ClH/c1-29-15-12-19-22(16-29)35-26(23(19)25-27-20-6-2-3-7-21(20)34-25)28-24(31)17-8-10-18(11-9-17)36(32,33)30-13-4-5-14-30;/h2-3,6-11H,4-5,12-16H2,1H3,(H,28,31);1H. The van der Waals surface area contributed by atoms with Gasteiger partial charge < -0.3 is 10.2 Å². The Kier molecular flexibility index (Phi) is 7.41. The highest BCUT2D eigenvalue weighted by Crippen LogP contribution is 2.45. The minimum Gasteiger partial charge on any atom is -0.313 e. The number of nitrogens with zero attached hydrogens (tertiary/aromatic N) is 3. The number of benzene rings is 2. The molecule has 0 spiro atoms. The molecule has 4 aromatic rings. The third-order valence-electron chi connectivity index (χ3n) is 6.80. The molecule has 2 aromatic carbocycles. The average molecular weight is 575 g/mol. The first kappa shape index (κ1) is 26.3. The Morgan fingerprint density at radius 1 is 1.00 bits per heavy atom. The molecule has 4 heterocycles. The number of rotatable bonds is 5. The van der Waals surface area contributed by atoms with Gasteiger partial charge in [0, 0.05) is 42.2 Å². The quantitative estimate of drug-likeness (QED) is 0.342. The highest BCUT2D eigenvalue weighted by atomic mass is 35.5. The molecule has 11 heteroatoms. The highest BCUT2D eigenvalue weighted by Gasteiger charge is 2.29. The number of likely N-dealkylation sites (N-methyl/N-ethyl adjacent to an activating group) is 1. The van der Waals surface area contributed by atoms with Gasteiger partial charge in [0.1, 0.15) is 10.0 Å². The minimum atomic E-state index is -3.51. The molecule has 0 unspecified atom stereocenters. The van der Waals surface area contributed by atoms with Gasteiger partial charge in [-0.25, -0.2) is 13.4 Å². The van der Waals surface area contributed by atoms with Crippen LogP contribution in [-0.2, 0) is 23.0 Å². The molecular formula is C26H27ClN4O3S3. The van der Waals surface area contributed by atoms with E-state index in [1.54, 1.807) is 34.8 Å². The fourth-order valence-electron chi connectivity index (χ4n) is 4.86. The van der Waals surface area contributed by atoms with Gasteiger partial charge in [0.15, 0.2) is 0 Å². The minimum absolute atomic E-state index is 0. The summed E-state index contributed by atoms with van der Waals surface area (Å²) in [5.41, 5.74) is 3.66. The van der Waals surface area contributed by atoms with Crippen LogP contribution in [0.3, 0.4) is 0 Å². The Hall–Kier alpha value is -2.34. The maximum absolute atomic E-state index is 13.3. The number of thiophene rings is 1. The van der Waals surface area contributed by atoms with Crippen molar-refractivity contribution in [3.05, 3.63) is 64.5 Å². The molecule has 0 bridgehead atoms. The van der Waals surface area contributed by atoms with E-state index in [1.165, 1.54) is 26.9 Å². The molecule has 1 amide bonds. The van der Waals surface area contributed by atoms with Crippen molar-refractivity contribution in [1.82, 2.24) is 14.2 Å². The van der Waals surface area contributed by atoms with Crippen molar-refractivity contribution in [2.24, 2.45) is 0 Å². The van der Waals surface area contributed by atoms with Crippen LogP contribution in [-0.4, -0.2) is 55.2 Å². The molecule has 6 rings (SSSR count). The van der Waals surface area contributed by atoms with Crippen molar-refractivity contribution in [3.8, 4) is 10.6 Å². The number of aromatic nitrogens is 1. The van der Waals surface area contributed by atoms with E-state index in [9.17, 15) is 13.2 Å². The Balaban J connectivity index is 0.00000280. The number of fused-ring (bicyclic) bond motifs is 2. The Labute approximate surface area is 230 Å². The van der Waals surface area contributed by atoms with Crippen molar-refractivity contribution in [1.29, 1.82) is 0 Å². The van der Waals surface area contributed by atoms with E-state index in [2.05, 4.69) is 23.3 Å². The molecule has 1 saturated heterocycles. The number of anilines is 1. The molecule has 0 aliphatic carbocycles. The van der Waals surface area contributed by atoms with Gasteiger partial charge in [0.05, 0.1) is 15.1 Å². The normalized spacial score (nSPS) is 16.5. The third-order valence-corrected chi connectivity index (χ3v) is 10.9. The van der Waals surface area contributed by atoms with E-state index < -0.39 is 10.0 Å².